The van der Waals surface area contributed by atoms with Gasteiger partial charge in [0.05, 0.1) is 12.7 Å². The fraction of sp³-hybridized carbons (Fsp3) is 0.500. The molecule has 0 amide bonds. The van der Waals surface area contributed by atoms with Gasteiger partial charge in [-0.05, 0) is 24.0 Å². The van der Waals surface area contributed by atoms with E-state index in [1.807, 2.05) is 0 Å². The molecule has 0 spiro atoms. The molecular weight excluding hydrogens is 312 g/mol. The molecular formula is C20H30N4O. The maximum atomic E-state index is 5.78. The number of hydrogen-bond donors (Lipinski definition) is 2. The van der Waals surface area contributed by atoms with E-state index < -0.39 is 0 Å². The Labute approximate surface area is 151 Å². The highest BCUT2D eigenvalue weighted by Gasteiger charge is 2.19. The van der Waals surface area contributed by atoms with Gasteiger partial charge in [0.25, 0.3) is 0 Å². The summed E-state index contributed by atoms with van der Waals surface area (Å²) in [6.45, 7) is 9.84. The highest BCUT2D eigenvalue weighted by atomic mass is 16.4. The Morgan fingerprint density at radius 2 is 1.80 bits per heavy atom. The van der Waals surface area contributed by atoms with Gasteiger partial charge in [0.1, 0.15) is 5.76 Å². The van der Waals surface area contributed by atoms with Crippen LogP contribution in [-0.4, -0.2) is 24.5 Å². The van der Waals surface area contributed by atoms with Gasteiger partial charge in [-0.25, -0.2) is 4.98 Å². The Morgan fingerprint density at radius 1 is 1.12 bits per heavy atom. The van der Waals surface area contributed by atoms with Crippen LogP contribution < -0.4 is 10.6 Å². The maximum Gasteiger partial charge on any atom is 0.213 e. The van der Waals surface area contributed by atoms with E-state index in [0.717, 1.165) is 31.1 Å². The van der Waals surface area contributed by atoms with Crippen molar-refractivity contribution in [1.29, 1.82) is 0 Å². The second-order valence-corrected chi connectivity index (χ2v) is 7.14. The zero-order valence-electron chi connectivity index (χ0n) is 16.0. The van der Waals surface area contributed by atoms with Crippen molar-refractivity contribution in [1.82, 2.24) is 15.6 Å². The third-order valence-electron chi connectivity index (χ3n) is 4.06. The second-order valence-electron chi connectivity index (χ2n) is 7.14. The Hall–Kier alpha value is -2.30. The van der Waals surface area contributed by atoms with Gasteiger partial charge in [0.2, 0.25) is 5.89 Å². The molecule has 1 heterocycles. The molecule has 0 aliphatic rings. The number of benzene rings is 1. The minimum atomic E-state index is -0.0293. The van der Waals surface area contributed by atoms with E-state index in [-0.39, 0.29) is 5.41 Å². The molecule has 1 aromatic carbocycles. The summed E-state index contributed by atoms with van der Waals surface area (Å²) in [4.78, 5) is 8.56. The quantitative estimate of drug-likeness (QED) is 0.623. The van der Waals surface area contributed by atoms with E-state index in [0.29, 0.717) is 12.4 Å². The molecule has 136 valence electrons. The fourth-order valence-corrected chi connectivity index (χ4v) is 2.39. The van der Waals surface area contributed by atoms with Gasteiger partial charge in [-0.15, -0.1) is 0 Å². The molecule has 0 saturated carbocycles. The third kappa shape index (κ3) is 5.93. The molecule has 5 nitrogen and oxygen atoms in total. The predicted molar refractivity (Wildman–Crippen MR) is 103 cm³/mol. The molecule has 0 saturated heterocycles. The van der Waals surface area contributed by atoms with Crippen LogP contribution in [0.25, 0.3) is 0 Å². The van der Waals surface area contributed by atoms with E-state index in [4.69, 9.17) is 4.42 Å². The zero-order chi connectivity index (χ0) is 18.3. The Balaban J connectivity index is 1.77. The van der Waals surface area contributed by atoms with Crippen LogP contribution in [0.5, 0.6) is 0 Å². The average Bonchev–Trinajstić information content (AvgIpc) is 3.08. The van der Waals surface area contributed by atoms with Crippen molar-refractivity contribution in [3.63, 3.8) is 0 Å². The van der Waals surface area contributed by atoms with Crippen LogP contribution in [0.1, 0.15) is 50.5 Å². The van der Waals surface area contributed by atoms with Crippen molar-refractivity contribution in [3.8, 4) is 0 Å². The number of hydrogen-bond acceptors (Lipinski definition) is 3. The molecule has 2 rings (SSSR count). The van der Waals surface area contributed by atoms with E-state index >= 15 is 0 Å². The number of oxazole rings is 1. The van der Waals surface area contributed by atoms with Crippen LogP contribution >= 0.6 is 0 Å². The summed E-state index contributed by atoms with van der Waals surface area (Å²) in [5.41, 5.74) is 2.66. The summed E-state index contributed by atoms with van der Waals surface area (Å²) in [6.07, 6.45) is 3.83. The summed E-state index contributed by atoms with van der Waals surface area (Å²) in [6, 6.07) is 8.77. The molecule has 0 aliphatic carbocycles. The summed E-state index contributed by atoms with van der Waals surface area (Å²) in [5, 5.41) is 6.56. The molecule has 25 heavy (non-hydrogen) atoms. The van der Waals surface area contributed by atoms with Crippen molar-refractivity contribution in [2.24, 2.45) is 4.99 Å². The van der Waals surface area contributed by atoms with Crippen molar-refractivity contribution in [2.45, 2.75) is 52.5 Å². The van der Waals surface area contributed by atoms with Crippen LogP contribution in [0.15, 0.2) is 39.9 Å². The molecule has 0 atom stereocenters. The lowest BCUT2D eigenvalue weighted by Gasteiger charge is -2.13. The molecule has 0 bridgehead atoms. The van der Waals surface area contributed by atoms with Gasteiger partial charge in [-0.2, -0.15) is 0 Å². The lowest BCUT2D eigenvalue weighted by molar-refractivity contribution is 0.379. The van der Waals surface area contributed by atoms with Crippen molar-refractivity contribution in [2.75, 3.05) is 13.6 Å². The number of nitrogens with one attached hydrogen (secondary N) is 2. The Bertz CT molecular complexity index is 680. The van der Waals surface area contributed by atoms with Gasteiger partial charge in [0, 0.05) is 19.0 Å². The molecule has 2 aromatic rings. The van der Waals surface area contributed by atoms with Gasteiger partial charge in [-0.3, -0.25) is 4.99 Å². The van der Waals surface area contributed by atoms with Crippen molar-refractivity contribution >= 4 is 5.96 Å². The summed E-state index contributed by atoms with van der Waals surface area (Å²) in [7, 11) is 1.77. The van der Waals surface area contributed by atoms with Crippen molar-refractivity contribution < 1.29 is 4.42 Å². The standard InChI is InChI=1S/C20H30N4O/c1-6-15-7-9-16(10-8-15)11-12-22-19(21-5)24-14-18-23-13-17(25-18)20(2,3)4/h7-10,13H,6,11-12,14H2,1-5H3,(H2,21,22,24). The first kappa shape index (κ1) is 19.0. The first-order chi connectivity index (χ1) is 11.9. The SMILES string of the molecule is CCc1ccc(CCNC(=NC)NCc2ncc(C(C)(C)C)o2)cc1. The largest absolute Gasteiger partial charge is 0.443 e. The Morgan fingerprint density at radius 3 is 2.36 bits per heavy atom. The molecule has 0 aliphatic heterocycles. The first-order valence-corrected chi connectivity index (χ1v) is 8.90. The smallest absolute Gasteiger partial charge is 0.213 e. The third-order valence-corrected chi connectivity index (χ3v) is 4.06. The normalized spacial score (nSPS) is 12.3. The zero-order valence-corrected chi connectivity index (χ0v) is 16.0. The summed E-state index contributed by atoms with van der Waals surface area (Å²) >= 11 is 0. The number of guanidine groups is 1. The molecule has 1 aromatic heterocycles. The van der Waals surface area contributed by atoms with E-state index in [2.05, 4.69) is 72.6 Å². The van der Waals surface area contributed by atoms with Crippen LogP contribution in [0, 0.1) is 0 Å². The molecule has 2 N–H and O–H groups in total. The first-order valence-electron chi connectivity index (χ1n) is 8.90. The van der Waals surface area contributed by atoms with E-state index in [1.54, 1.807) is 13.2 Å². The Kier molecular flexibility index (Phi) is 6.62. The lowest BCUT2D eigenvalue weighted by atomic mass is 9.94. The second kappa shape index (κ2) is 8.70. The highest BCUT2D eigenvalue weighted by molar-refractivity contribution is 5.79. The average molecular weight is 342 g/mol. The predicted octanol–water partition coefficient (Wildman–Crippen LogP) is 3.44. The minimum absolute atomic E-state index is 0.0293. The number of rotatable bonds is 6. The van der Waals surface area contributed by atoms with Crippen molar-refractivity contribution in [3.05, 3.63) is 53.2 Å². The number of nitrogens with zero attached hydrogens (tertiary/aromatic N) is 2. The van der Waals surface area contributed by atoms with Gasteiger partial charge < -0.3 is 15.1 Å². The lowest BCUT2D eigenvalue weighted by Crippen LogP contribution is -2.37. The number of aromatic nitrogens is 1. The van der Waals surface area contributed by atoms with Crippen LogP contribution in [0.2, 0.25) is 0 Å². The number of aliphatic imine (C=N–C) groups is 1. The van der Waals surface area contributed by atoms with Crippen LogP contribution in [-0.2, 0) is 24.8 Å². The highest BCUT2D eigenvalue weighted by Crippen LogP contribution is 2.22. The van der Waals surface area contributed by atoms with E-state index in [1.165, 1.54) is 11.1 Å². The van der Waals surface area contributed by atoms with Gasteiger partial charge >= 0.3 is 0 Å². The van der Waals surface area contributed by atoms with E-state index in [9.17, 15) is 0 Å². The summed E-state index contributed by atoms with van der Waals surface area (Å²) in [5.74, 6) is 2.31. The number of aryl methyl sites for hydroxylation is 1. The monoisotopic (exact) mass is 342 g/mol. The van der Waals surface area contributed by atoms with Gasteiger partial charge in [-0.1, -0.05) is 52.0 Å². The molecule has 0 radical (unpaired) electrons. The van der Waals surface area contributed by atoms with Crippen LogP contribution in [0.3, 0.4) is 0 Å². The van der Waals surface area contributed by atoms with Crippen LogP contribution in [0.4, 0.5) is 0 Å². The van der Waals surface area contributed by atoms with Gasteiger partial charge in [0.15, 0.2) is 5.96 Å². The molecule has 0 unspecified atom stereocenters. The molecule has 5 heteroatoms. The fourth-order valence-electron chi connectivity index (χ4n) is 2.39. The summed E-state index contributed by atoms with van der Waals surface area (Å²) < 4.78 is 5.78. The molecule has 0 fully saturated rings. The maximum absolute atomic E-state index is 5.78. The topological polar surface area (TPSA) is 62.5 Å². The minimum Gasteiger partial charge on any atom is -0.443 e.